The Kier molecular flexibility index (Phi) is 9.94. The molecule has 9 heteroatoms. The molecule has 4 aromatic carbocycles. The van der Waals surface area contributed by atoms with Gasteiger partial charge in [-0.3, -0.25) is 4.79 Å². The van der Waals surface area contributed by atoms with E-state index in [0.29, 0.717) is 36.3 Å². The number of rotatable bonds is 12. The SMILES string of the molecule is CCC(C)(C)C(=O)NCCCNS(=O)(=O)c1ccccc1-c1c2ccc(=[NH+]c3ccccc3)cc-2oc2cc(Nc3ccccc3)ccc12. The van der Waals surface area contributed by atoms with Crippen molar-refractivity contribution in [1.29, 1.82) is 0 Å². The van der Waals surface area contributed by atoms with Crippen molar-refractivity contribution >= 4 is 44.0 Å². The Morgan fingerprint density at radius 1 is 0.776 bits per heavy atom. The number of anilines is 2. The largest absolute Gasteiger partial charge is 0.456 e. The second-order valence-corrected chi connectivity index (χ2v) is 14.4. The van der Waals surface area contributed by atoms with Crippen molar-refractivity contribution in [3.63, 3.8) is 0 Å². The molecule has 0 saturated heterocycles. The van der Waals surface area contributed by atoms with Gasteiger partial charge in [0.05, 0.1) is 11.0 Å². The number of hydrogen-bond acceptors (Lipinski definition) is 5. The molecule has 0 fully saturated rings. The molecule has 49 heavy (non-hydrogen) atoms. The van der Waals surface area contributed by atoms with Gasteiger partial charge in [-0.05, 0) is 49.2 Å². The maximum Gasteiger partial charge on any atom is 0.241 e. The molecule has 1 amide bonds. The lowest BCUT2D eigenvalue weighted by Crippen LogP contribution is -2.70. The second kappa shape index (κ2) is 14.5. The Morgan fingerprint density at radius 2 is 1.49 bits per heavy atom. The fourth-order valence-corrected chi connectivity index (χ4v) is 6.88. The van der Waals surface area contributed by atoms with Crippen LogP contribution in [0.2, 0.25) is 0 Å². The van der Waals surface area contributed by atoms with Gasteiger partial charge in [-0.1, -0.05) is 75.4 Å². The molecule has 2 aliphatic rings. The summed E-state index contributed by atoms with van der Waals surface area (Å²) in [6.07, 6.45) is 1.17. The summed E-state index contributed by atoms with van der Waals surface area (Å²) in [5, 5.41) is 7.97. The molecule has 4 N–H and O–H groups in total. The summed E-state index contributed by atoms with van der Waals surface area (Å²) in [6, 6.07) is 38.5. The molecular formula is C40H41N4O4S+. The molecule has 0 saturated carbocycles. The zero-order chi connectivity index (χ0) is 34.4. The molecule has 0 atom stereocenters. The highest BCUT2D eigenvalue weighted by Gasteiger charge is 2.26. The third-order valence-electron chi connectivity index (χ3n) is 8.72. The van der Waals surface area contributed by atoms with Crippen molar-refractivity contribution < 1.29 is 22.6 Å². The number of fused-ring (bicyclic) bond motifs is 2. The van der Waals surface area contributed by atoms with Crippen LogP contribution in [0, 0.1) is 5.41 Å². The Bertz CT molecular complexity index is 2230. The van der Waals surface area contributed by atoms with Crippen LogP contribution < -0.4 is 25.7 Å². The predicted molar refractivity (Wildman–Crippen MR) is 195 cm³/mol. The third-order valence-corrected chi connectivity index (χ3v) is 10.2. The number of carbonyl (C=O) groups is 1. The zero-order valence-corrected chi connectivity index (χ0v) is 28.7. The minimum absolute atomic E-state index is 0.0410. The van der Waals surface area contributed by atoms with Crippen molar-refractivity contribution in [2.75, 3.05) is 18.4 Å². The molecule has 1 aliphatic heterocycles. The Hall–Kier alpha value is -5.25. The quantitative estimate of drug-likeness (QED) is 0.0877. The molecule has 4 aromatic rings. The highest BCUT2D eigenvalue weighted by atomic mass is 32.2. The van der Waals surface area contributed by atoms with Gasteiger partial charge in [-0.15, -0.1) is 0 Å². The van der Waals surface area contributed by atoms with E-state index in [1.165, 1.54) is 0 Å². The van der Waals surface area contributed by atoms with Gasteiger partial charge in [0.15, 0.2) is 0 Å². The van der Waals surface area contributed by atoms with Gasteiger partial charge in [0, 0.05) is 76.2 Å². The molecule has 0 radical (unpaired) electrons. The van der Waals surface area contributed by atoms with E-state index in [0.717, 1.165) is 38.9 Å². The molecule has 6 rings (SSSR count). The van der Waals surface area contributed by atoms with Gasteiger partial charge in [0.2, 0.25) is 27.0 Å². The highest BCUT2D eigenvalue weighted by molar-refractivity contribution is 7.89. The first-order chi connectivity index (χ1) is 23.6. The molecule has 0 unspecified atom stereocenters. The van der Waals surface area contributed by atoms with Crippen LogP contribution in [0.15, 0.2) is 131 Å². The molecule has 0 aromatic heterocycles. The standard InChI is InChI=1S/C40H40N4O4S/c1-4-40(2,3)39(45)41-24-13-25-42-49(46,47)37-19-12-11-18-34(37)38-32-22-20-30(43-28-14-7-5-8-15-28)26-35(32)48-36-27-31(21-23-33(36)38)44-29-16-9-6-10-17-29/h5-12,14-23,26-27,42-43H,4,13,24-25H2,1-3H3,(H,41,45)/p+1. The van der Waals surface area contributed by atoms with Gasteiger partial charge in [-0.25, -0.2) is 18.1 Å². The first-order valence-corrected chi connectivity index (χ1v) is 18.0. The summed E-state index contributed by atoms with van der Waals surface area (Å²) in [4.78, 5) is 16.0. The summed E-state index contributed by atoms with van der Waals surface area (Å²) in [5.74, 6) is 0.562. The van der Waals surface area contributed by atoms with E-state index < -0.39 is 15.4 Å². The van der Waals surface area contributed by atoms with Gasteiger partial charge in [-0.2, -0.15) is 0 Å². The van der Waals surface area contributed by atoms with Crippen LogP contribution in [0.3, 0.4) is 0 Å². The van der Waals surface area contributed by atoms with Crippen LogP contribution in [0.4, 0.5) is 17.1 Å². The second-order valence-electron chi connectivity index (χ2n) is 12.6. The lowest BCUT2D eigenvalue weighted by molar-refractivity contribution is -0.402. The van der Waals surface area contributed by atoms with E-state index in [1.807, 2.05) is 130 Å². The van der Waals surface area contributed by atoms with Crippen molar-refractivity contribution in [3.8, 4) is 22.5 Å². The first kappa shape index (κ1) is 33.6. The summed E-state index contributed by atoms with van der Waals surface area (Å²) in [5.41, 5.74) is 4.94. The topological polar surface area (TPSA) is 114 Å². The molecule has 1 heterocycles. The van der Waals surface area contributed by atoms with Crippen LogP contribution in [-0.4, -0.2) is 27.4 Å². The summed E-state index contributed by atoms with van der Waals surface area (Å²) in [7, 11) is -3.93. The van der Waals surface area contributed by atoms with Crippen LogP contribution in [0.25, 0.3) is 33.4 Å². The molecule has 0 spiro atoms. The smallest absolute Gasteiger partial charge is 0.241 e. The third kappa shape index (κ3) is 7.74. The van der Waals surface area contributed by atoms with Crippen molar-refractivity contribution in [3.05, 3.63) is 127 Å². The van der Waals surface area contributed by atoms with Crippen LogP contribution >= 0.6 is 0 Å². The fraction of sp³-hybridized carbons (Fsp3) is 0.200. The monoisotopic (exact) mass is 673 g/mol. The Balaban J connectivity index is 1.40. The van der Waals surface area contributed by atoms with E-state index >= 15 is 0 Å². The minimum atomic E-state index is -3.93. The maximum absolute atomic E-state index is 13.9. The van der Waals surface area contributed by atoms with E-state index in [-0.39, 0.29) is 17.3 Å². The van der Waals surface area contributed by atoms with Crippen LogP contribution in [-0.2, 0) is 14.8 Å². The van der Waals surface area contributed by atoms with Crippen molar-refractivity contribution in [2.24, 2.45) is 5.41 Å². The predicted octanol–water partition coefficient (Wildman–Crippen LogP) is 6.48. The highest BCUT2D eigenvalue weighted by Crippen LogP contribution is 2.42. The van der Waals surface area contributed by atoms with Crippen LogP contribution in [0.1, 0.15) is 33.6 Å². The fourth-order valence-electron chi connectivity index (χ4n) is 5.59. The lowest BCUT2D eigenvalue weighted by atomic mass is 9.89. The van der Waals surface area contributed by atoms with Gasteiger partial charge >= 0.3 is 0 Å². The van der Waals surface area contributed by atoms with Gasteiger partial charge in [0.1, 0.15) is 11.3 Å². The Morgan fingerprint density at radius 3 is 2.24 bits per heavy atom. The Labute approximate surface area is 287 Å². The van der Waals surface area contributed by atoms with Gasteiger partial charge in [0.25, 0.3) is 0 Å². The maximum atomic E-state index is 13.9. The lowest BCUT2D eigenvalue weighted by Gasteiger charge is -2.21. The number of benzene rings is 5. The number of sulfonamides is 1. The normalized spacial score (nSPS) is 12.3. The number of hydrogen-bond donors (Lipinski definition) is 4. The van der Waals surface area contributed by atoms with E-state index in [9.17, 15) is 13.2 Å². The average molecular weight is 674 g/mol. The summed E-state index contributed by atoms with van der Waals surface area (Å²) in [6.45, 7) is 6.32. The van der Waals surface area contributed by atoms with E-state index in [2.05, 4.69) is 20.3 Å². The van der Waals surface area contributed by atoms with E-state index in [4.69, 9.17) is 4.42 Å². The minimum Gasteiger partial charge on any atom is -0.456 e. The van der Waals surface area contributed by atoms with E-state index in [1.54, 1.807) is 12.1 Å². The number of para-hydroxylation sites is 2. The van der Waals surface area contributed by atoms with Crippen LogP contribution in [0.5, 0.6) is 0 Å². The molecule has 250 valence electrons. The molecule has 8 nitrogen and oxygen atoms in total. The number of amides is 1. The number of nitrogens with one attached hydrogen (secondary N) is 4. The molecule has 0 bridgehead atoms. The number of carbonyl (C=O) groups excluding carboxylic acids is 1. The average Bonchev–Trinajstić information content (AvgIpc) is 3.11. The zero-order valence-electron chi connectivity index (χ0n) is 27.9. The van der Waals surface area contributed by atoms with Gasteiger partial charge < -0.3 is 15.1 Å². The molecular weight excluding hydrogens is 633 g/mol. The molecule has 1 aliphatic carbocycles. The van der Waals surface area contributed by atoms with Crippen molar-refractivity contribution in [1.82, 2.24) is 10.0 Å². The summed E-state index contributed by atoms with van der Waals surface area (Å²) < 4.78 is 37.1. The van der Waals surface area contributed by atoms with Crippen molar-refractivity contribution in [2.45, 2.75) is 38.5 Å². The first-order valence-electron chi connectivity index (χ1n) is 16.5. The summed E-state index contributed by atoms with van der Waals surface area (Å²) >= 11 is 0.